The zero-order valence-corrected chi connectivity index (χ0v) is 10.3. The monoisotopic (exact) mass is 271 g/mol. The van der Waals surface area contributed by atoms with Crippen molar-refractivity contribution in [3.8, 4) is 0 Å². The van der Waals surface area contributed by atoms with Gasteiger partial charge in [-0.2, -0.15) is 0 Å². The van der Waals surface area contributed by atoms with Crippen LogP contribution in [0.1, 0.15) is 12.0 Å². The van der Waals surface area contributed by atoms with E-state index >= 15 is 0 Å². The molecule has 1 aromatic rings. The number of carbonyl (C=O) groups is 1. The van der Waals surface area contributed by atoms with Gasteiger partial charge in [-0.25, -0.2) is 8.78 Å². The average molecular weight is 271 g/mol. The molecule has 0 spiro atoms. The topological polar surface area (TPSA) is 58.6 Å². The van der Waals surface area contributed by atoms with Crippen molar-refractivity contribution in [3.05, 3.63) is 35.4 Å². The molecule has 1 aliphatic heterocycles. The molecule has 1 fully saturated rings. The molecule has 1 aromatic carbocycles. The van der Waals surface area contributed by atoms with Gasteiger partial charge in [0.1, 0.15) is 17.2 Å². The van der Waals surface area contributed by atoms with E-state index in [1.54, 1.807) is 0 Å². The molecule has 0 aromatic heterocycles. The normalized spacial score (nSPS) is 22.5. The summed E-state index contributed by atoms with van der Waals surface area (Å²) in [5.41, 5.74) is -1.35. The Kier molecular flexibility index (Phi) is 4.11. The van der Waals surface area contributed by atoms with E-state index in [-0.39, 0.29) is 18.7 Å². The Morgan fingerprint density at radius 1 is 1.42 bits per heavy atom. The van der Waals surface area contributed by atoms with Crippen molar-refractivity contribution in [2.45, 2.75) is 18.4 Å². The molecule has 1 aliphatic rings. The summed E-state index contributed by atoms with van der Waals surface area (Å²) >= 11 is 0. The van der Waals surface area contributed by atoms with E-state index in [2.05, 4.69) is 5.32 Å². The van der Waals surface area contributed by atoms with E-state index in [1.807, 2.05) is 0 Å². The summed E-state index contributed by atoms with van der Waals surface area (Å²) in [6.45, 7) is 0.609. The first-order valence-corrected chi connectivity index (χ1v) is 6.00. The number of hydrogen-bond acceptors (Lipinski definition) is 3. The summed E-state index contributed by atoms with van der Waals surface area (Å²) in [6, 6.07) is 3.44. The minimum absolute atomic E-state index is 0.0158. The van der Waals surface area contributed by atoms with Gasteiger partial charge in [-0.1, -0.05) is 6.07 Å². The minimum Gasteiger partial charge on any atom is -0.386 e. The predicted octanol–water partition coefficient (Wildman–Crippen LogP) is 0.775. The van der Waals surface area contributed by atoms with Crippen LogP contribution in [-0.4, -0.2) is 36.4 Å². The second-order valence-corrected chi connectivity index (χ2v) is 4.68. The molecule has 104 valence electrons. The number of carbonyl (C=O) groups excluding carboxylic acids is 1. The fourth-order valence-electron chi connectivity index (χ4n) is 1.92. The number of benzene rings is 1. The van der Waals surface area contributed by atoms with Crippen molar-refractivity contribution in [1.29, 1.82) is 0 Å². The lowest BCUT2D eigenvalue weighted by Crippen LogP contribution is -2.43. The highest BCUT2D eigenvalue weighted by atomic mass is 19.1. The molecule has 4 nitrogen and oxygen atoms in total. The van der Waals surface area contributed by atoms with Crippen molar-refractivity contribution < 1.29 is 23.4 Å². The van der Waals surface area contributed by atoms with E-state index in [1.165, 1.54) is 6.07 Å². The second kappa shape index (κ2) is 5.63. The standard InChI is InChI=1S/C13H15F2NO3/c14-10-2-1-3-11(15)9(10)6-12(17)16-7-13(18)4-5-19-8-13/h1-3,18H,4-8H2,(H,16,17). The molecule has 1 atom stereocenters. The molecule has 2 rings (SSSR count). The second-order valence-electron chi connectivity index (χ2n) is 4.68. The Hall–Kier alpha value is -1.53. The van der Waals surface area contributed by atoms with Crippen LogP contribution in [0.15, 0.2) is 18.2 Å². The van der Waals surface area contributed by atoms with Crippen molar-refractivity contribution in [1.82, 2.24) is 5.32 Å². The Morgan fingerprint density at radius 2 is 2.11 bits per heavy atom. The van der Waals surface area contributed by atoms with Crippen LogP contribution in [0.4, 0.5) is 8.78 Å². The third kappa shape index (κ3) is 3.48. The Balaban J connectivity index is 1.91. The number of rotatable bonds is 4. The Bertz CT molecular complexity index is 453. The van der Waals surface area contributed by atoms with Crippen molar-refractivity contribution >= 4 is 5.91 Å². The molecule has 1 unspecified atom stereocenters. The van der Waals surface area contributed by atoms with Crippen LogP contribution in [0.5, 0.6) is 0 Å². The first kappa shape index (κ1) is 13.9. The lowest BCUT2D eigenvalue weighted by atomic mass is 10.0. The van der Waals surface area contributed by atoms with Crippen LogP contribution < -0.4 is 5.32 Å². The largest absolute Gasteiger partial charge is 0.386 e. The molecule has 0 aliphatic carbocycles. The van der Waals surface area contributed by atoms with Gasteiger partial charge < -0.3 is 15.2 Å². The number of halogens is 2. The Morgan fingerprint density at radius 3 is 2.68 bits per heavy atom. The zero-order chi connectivity index (χ0) is 13.9. The van der Waals surface area contributed by atoms with Crippen molar-refractivity contribution in [3.63, 3.8) is 0 Å². The fourth-order valence-corrected chi connectivity index (χ4v) is 1.92. The van der Waals surface area contributed by atoms with Crippen LogP contribution in [0.3, 0.4) is 0 Å². The summed E-state index contributed by atoms with van der Waals surface area (Å²) in [5.74, 6) is -2.04. The van der Waals surface area contributed by atoms with Gasteiger partial charge in [-0.05, 0) is 12.1 Å². The van der Waals surface area contributed by atoms with E-state index < -0.39 is 29.6 Å². The van der Waals surface area contributed by atoms with Crippen LogP contribution in [0.2, 0.25) is 0 Å². The molecule has 2 N–H and O–H groups in total. The zero-order valence-electron chi connectivity index (χ0n) is 10.3. The van der Waals surface area contributed by atoms with Gasteiger partial charge >= 0.3 is 0 Å². The number of amides is 1. The highest BCUT2D eigenvalue weighted by molar-refractivity contribution is 5.78. The molecular formula is C13H15F2NO3. The van der Waals surface area contributed by atoms with Crippen LogP contribution in [-0.2, 0) is 16.0 Å². The van der Waals surface area contributed by atoms with E-state index in [0.717, 1.165) is 12.1 Å². The lowest BCUT2D eigenvalue weighted by Gasteiger charge is -2.20. The van der Waals surface area contributed by atoms with Gasteiger partial charge in [0.05, 0.1) is 13.0 Å². The molecule has 1 heterocycles. The maximum absolute atomic E-state index is 13.3. The van der Waals surface area contributed by atoms with E-state index in [0.29, 0.717) is 13.0 Å². The first-order valence-electron chi connectivity index (χ1n) is 6.00. The van der Waals surface area contributed by atoms with Crippen molar-refractivity contribution in [2.24, 2.45) is 0 Å². The highest BCUT2D eigenvalue weighted by Crippen LogP contribution is 2.17. The van der Waals surface area contributed by atoms with Crippen LogP contribution in [0.25, 0.3) is 0 Å². The third-order valence-corrected chi connectivity index (χ3v) is 3.10. The van der Waals surface area contributed by atoms with Gasteiger partial charge in [0.15, 0.2) is 0 Å². The minimum atomic E-state index is -1.08. The first-order chi connectivity index (χ1) is 9.00. The smallest absolute Gasteiger partial charge is 0.224 e. The van der Waals surface area contributed by atoms with Crippen LogP contribution in [0, 0.1) is 11.6 Å². The van der Waals surface area contributed by atoms with Gasteiger partial charge in [-0.3, -0.25) is 4.79 Å². The number of nitrogens with one attached hydrogen (secondary N) is 1. The van der Waals surface area contributed by atoms with E-state index in [4.69, 9.17) is 4.74 Å². The maximum atomic E-state index is 13.3. The summed E-state index contributed by atoms with van der Waals surface area (Å²) in [6.07, 6.45) is 0.0385. The SMILES string of the molecule is O=C(Cc1c(F)cccc1F)NCC1(O)CCOC1. The summed E-state index contributed by atoms with van der Waals surface area (Å²) in [4.78, 5) is 11.6. The molecule has 19 heavy (non-hydrogen) atoms. The lowest BCUT2D eigenvalue weighted by molar-refractivity contribution is -0.121. The van der Waals surface area contributed by atoms with E-state index in [9.17, 15) is 18.7 Å². The van der Waals surface area contributed by atoms with Gasteiger partial charge in [0.25, 0.3) is 0 Å². The van der Waals surface area contributed by atoms with Gasteiger partial charge in [0.2, 0.25) is 5.91 Å². The Labute approximate surface area is 109 Å². The summed E-state index contributed by atoms with van der Waals surface area (Å²) in [5, 5.41) is 12.4. The summed E-state index contributed by atoms with van der Waals surface area (Å²) in [7, 11) is 0. The number of ether oxygens (including phenoxy) is 1. The summed E-state index contributed by atoms with van der Waals surface area (Å²) < 4.78 is 31.7. The molecule has 6 heteroatoms. The van der Waals surface area contributed by atoms with Crippen LogP contribution >= 0.6 is 0 Å². The molecule has 1 amide bonds. The third-order valence-electron chi connectivity index (χ3n) is 3.10. The maximum Gasteiger partial charge on any atom is 0.224 e. The van der Waals surface area contributed by atoms with Crippen molar-refractivity contribution in [2.75, 3.05) is 19.8 Å². The van der Waals surface area contributed by atoms with Gasteiger partial charge in [-0.15, -0.1) is 0 Å². The van der Waals surface area contributed by atoms with Gasteiger partial charge in [0, 0.05) is 25.1 Å². The average Bonchev–Trinajstić information content (AvgIpc) is 2.79. The molecular weight excluding hydrogens is 256 g/mol. The number of hydrogen-bond donors (Lipinski definition) is 2. The number of aliphatic hydroxyl groups is 1. The highest BCUT2D eigenvalue weighted by Gasteiger charge is 2.32. The quantitative estimate of drug-likeness (QED) is 0.850. The fraction of sp³-hybridized carbons (Fsp3) is 0.462. The molecule has 1 saturated heterocycles. The molecule has 0 saturated carbocycles. The predicted molar refractivity (Wildman–Crippen MR) is 63.5 cm³/mol. The molecule has 0 bridgehead atoms. The molecule has 0 radical (unpaired) electrons.